The fourth-order valence-electron chi connectivity index (χ4n) is 1.10. The van der Waals surface area contributed by atoms with E-state index < -0.39 is 11.8 Å². The van der Waals surface area contributed by atoms with Crippen LogP contribution in [0.4, 0.5) is 4.39 Å². The monoisotopic (exact) mass is 280 g/mol. The molecule has 1 N–H and O–H groups in total. The van der Waals surface area contributed by atoms with E-state index >= 15 is 0 Å². The number of benzene rings is 1. The predicted octanol–water partition coefficient (Wildman–Crippen LogP) is -2.17. The Labute approximate surface area is 114 Å². The first-order valence-electron chi connectivity index (χ1n) is 3.64. The van der Waals surface area contributed by atoms with E-state index in [4.69, 9.17) is 0 Å². The standard InChI is InChI=1S/C8H4BrFN2O2.Na/c9-3-1-5-6(2-4(3)10)12-7(11-5)8(13)14;/h1-2H,(H,11,12)(H,13,14);/q;+1/p-1. The summed E-state index contributed by atoms with van der Waals surface area (Å²) >= 11 is 2.97. The number of imidazole rings is 1. The molecule has 1 heterocycles. The minimum atomic E-state index is -1.42. The fourth-order valence-corrected chi connectivity index (χ4v) is 1.43. The zero-order valence-electron chi connectivity index (χ0n) is 7.67. The molecule has 0 radical (unpaired) electrons. The van der Waals surface area contributed by atoms with Gasteiger partial charge in [0.15, 0.2) is 5.82 Å². The summed E-state index contributed by atoms with van der Waals surface area (Å²) in [6.45, 7) is 0. The Kier molecular flexibility index (Phi) is 3.88. The third-order valence-corrected chi connectivity index (χ3v) is 2.32. The van der Waals surface area contributed by atoms with E-state index in [-0.39, 0.29) is 39.9 Å². The maximum Gasteiger partial charge on any atom is 1.00 e. The van der Waals surface area contributed by atoms with E-state index in [0.717, 1.165) is 0 Å². The van der Waals surface area contributed by atoms with Crippen LogP contribution in [0.5, 0.6) is 0 Å². The second-order valence-electron chi connectivity index (χ2n) is 2.66. The van der Waals surface area contributed by atoms with Gasteiger partial charge in [0.25, 0.3) is 0 Å². The Balaban J connectivity index is 0.00000112. The average Bonchev–Trinajstić information content (AvgIpc) is 2.48. The van der Waals surface area contributed by atoms with Crippen molar-refractivity contribution in [2.75, 3.05) is 0 Å². The smallest absolute Gasteiger partial charge is 0.542 e. The molecule has 4 nitrogen and oxygen atoms in total. The largest absolute Gasteiger partial charge is 1.00 e. The van der Waals surface area contributed by atoms with Crippen molar-refractivity contribution in [3.63, 3.8) is 0 Å². The van der Waals surface area contributed by atoms with Crippen molar-refractivity contribution in [2.24, 2.45) is 0 Å². The van der Waals surface area contributed by atoms with Gasteiger partial charge in [0, 0.05) is 6.07 Å². The second-order valence-corrected chi connectivity index (χ2v) is 3.51. The molecule has 0 bridgehead atoms. The molecule has 15 heavy (non-hydrogen) atoms. The summed E-state index contributed by atoms with van der Waals surface area (Å²) in [7, 11) is 0. The maximum absolute atomic E-state index is 13.0. The van der Waals surface area contributed by atoms with Gasteiger partial charge in [-0.3, -0.25) is 0 Å². The summed E-state index contributed by atoms with van der Waals surface area (Å²) in [5.74, 6) is -2.21. The number of rotatable bonds is 1. The SMILES string of the molecule is O=C([O-])c1nc2cc(Br)c(F)cc2[nH]1.[Na+]. The Hall–Kier alpha value is -0.430. The second kappa shape index (κ2) is 4.61. The van der Waals surface area contributed by atoms with Gasteiger partial charge in [0.1, 0.15) is 11.8 Å². The fraction of sp³-hybridized carbons (Fsp3) is 0. The van der Waals surface area contributed by atoms with Gasteiger partial charge in [-0.05, 0) is 22.0 Å². The van der Waals surface area contributed by atoms with Crippen LogP contribution in [0.25, 0.3) is 11.0 Å². The minimum Gasteiger partial charge on any atom is -0.542 e. The zero-order chi connectivity index (χ0) is 10.3. The number of halogens is 2. The number of H-pyrrole nitrogens is 1. The number of carboxylic acid groups (broad SMARTS) is 1. The van der Waals surface area contributed by atoms with E-state index in [1.807, 2.05) is 0 Å². The number of carbonyl (C=O) groups is 1. The van der Waals surface area contributed by atoms with Crippen LogP contribution >= 0.6 is 15.9 Å². The topological polar surface area (TPSA) is 68.8 Å². The quantitative estimate of drug-likeness (QED) is 0.605. The van der Waals surface area contributed by atoms with E-state index in [2.05, 4.69) is 25.9 Å². The molecule has 7 heteroatoms. The minimum absolute atomic E-state index is 0. The first kappa shape index (κ1) is 12.6. The molecule has 1 aromatic heterocycles. The zero-order valence-corrected chi connectivity index (χ0v) is 11.3. The van der Waals surface area contributed by atoms with E-state index in [9.17, 15) is 14.3 Å². The number of aromatic nitrogens is 2. The van der Waals surface area contributed by atoms with Gasteiger partial charge in [0.05, 0.1) is 15.5 Å². The summed E-state index contributed by atoms with van der Waals surface area (Å²) in [5, 5.41) is 10.4. The molecule has 0 spiro atoms. The van der Waals surface area contributed by atoms with Crippen LogP contribution in [-0.2, 0) is 0 Å². The molecule has 0 fully saturated rings. The van der Waals surface area contributed by atoms with Crippen LogP contribution in [0.1, 0.15) is 10.6 Å². The van der Waals surface area contributed by atoms with Crippen LogP contribution in [0, 0.1) is 5.82 Å². The molecule has 0 aliphatic carbocycles. The Bertz CT molecular complexity index is 490. The third-order valence-electron chi connectivity index (χ3n) is 1.72. The van der Waals surface area contributed by atoms with Crippen molar-refractivity contribution >= 4 is 32.9 Å². The molecule has 2 aromatic rings. The molecule has 1 aromatic carbocycles. The average molecular weight is 281 g/mol. The van der Waals surface area contributed by atoms with Gasteiger partial charge in [-0.25, -0.2) is 9.37 Å². The molecule has 0 saturated carbocycles. The first-order chi connectivity index (χ1) is 6.58. The molecule has 0 aliphatic rings. The van der Waals surface area contributed by atoms with Crippen molar-refractivity contribution < 1.29 is 43.8 Å². The number of fused-ring (bicyclic) bond motifs is 1. The van der Waals surface area contributed by atoms with Crippen LogP contribution in [0.3, 0.4) is 0 Å². The summed E-state index contributed by atoms with van der Waals surface area (Å²) in [5.41, 5.74) is 0.697. The summed E-state index contributed by atoms with van der Waals surface area (Å²) in [6.07, 6.45) is 0. The third kappa shape index (κ3) is 2.39. The van der Waals surface area contributed by atoms with Crippen LogP contribution in [0.15, 0.2) is 16.6 Å². The van der Waals surface area contributed by atoms with Crippen molar-refractivity contribution in [1.82, 2.24) is 9.97 Å². The van der Waals surface area contributed by atoms with Gasteiger partial charge in [-0.15, -0.1) is 0 Å². The van der Waals surface area contributed by atoms with E-state index in [1.54, 1.807) is 0 Å². The number of aromatic carboxylic acids is 1. The van der Waals surface area contributed by atoms with Crippen molar-refractivity contribution in [1.29, 1.82) is 0 Å². The molecule has 0 amide bonds. The number of aromatic amines is 1. The number of carboxylic acids is 1. The number of nitrogens with one attached hydrogen (secondary N) is 1. The summed E-state index contributed by atoms with van der Waals surface area (Å²) < 4.78 is 13.2. The molecular weight excluding hydrogens is 278 g/mol. The predicted molar refractivity (Wildman–Crippen MR) is 48.1 cm³/mol. The number of hydrogen-bond acceptors (Lipinski definition) is 3. The van der Waals surface area contributed by atoms with Crippen LogP contribution in [-0.4, -0.2) is 15.9 Å². The molecular formula is C8H3BrFN2NaO2. The van der Waals surface area contributed by atoms with Gasteiger partial charge >= 0.3 is 29.6 Å². The molecule has 0 saturated heterocycles. The van der Waals surface area contributed by atoms with E-state index in [1.165, 1.54) is 12.1 Å². The van der Waals surface area contributed by atoms with Crippen LogP contribution in [0.2, 0.25) is 0 Å². The van der Waals surface area contributed by atoms with Crippen molar-refractivity contribution in [3.8, 4) is 0 Å². The summed E-state index contributed by atoms with van der Waals surface area (Å²) in [6, 6.07) is 2.56. The molecule has 0 atom stereocenters. The Morgan fingerprint density at radius 2 is 2.20 bits per heavy atom. The molecule has 2 rings (SSSR count). The first-order valence-corrected chi connectivity index (χ1v) is 4.43. The number of hydrogen-bond donors (Lipinski definition) is 1. The molecule has 0 unspecified atom stereocenters. The Morgan fingerprint density at radius 3 is 2.80 bits per heavy atom. The Morgan fingerprint density at radius 1 is 1.53 bits per heavy atom. The number of nitrogens with zero attached hydrogens (tertiary/aromatic N) is 1. The van der Waals surface area contributed by atoms with E-state index in [0.29, 0.717) is 11.0 Å². The molecule has 72 valence electrons. The van der Waals surface area contributed by atoms with Gasteiger partial charge in [-0.2, -0.15) is 0 Å². The van der Waals surface area contributed by atoms with Gasteiger partial charge in [-0.1, -0.05) is 0 Å². The normalized spacial score (nSPS) is 10.0. The van der Waals surface area contributed by atoms with Crippen LogP contribution < -0.4 is 34.7 Å². The van der Waals surface area contributed by atoms with Gasteiger partial charge < -0.3 is 14.9 Å². The van der Waals surface area contributed by atoms with Gasteiger partial charge in [0.2, 0.25) is 0 Å². The maximum atomic E-state index is 13.0. The van der Waals surface area contributed by atoms with Crippen molar-refractivity contribution in [3.05, 3.63) is 28.2 Å². The van der Waals surface area contributed by atoms with Crippen molar-refractivity contribution in [2.45, 2.75) is 0 Å². The molecule has 0 aliphatic heterocycles. The number of carbonyl (C=O) groups excluding carboxylic acids is 1. The summed E-state index contributed by atoms with van der Waals surface area (Å²) in [4.78, 5) is 16.6.